The third-order valence-electron chi connectivity index (χ3n) is 4.74. The Kier molecular flexibility index (Phi) is 4.74. The van der Waals surface area contributed by atoms with Crippen LogP contribution >= 0.6 is 27.3 Å². The SMILES string of the molecule is CCc1ccc(C(=O)[C@@H]2CC(=O)Nc3c2c(C)nn3-c2ccc(Br)cc2)s1. The highest BCUT2D eigenvalue weighted by molar-refractivity contribution is 9.10. The van der Waals surface area contributed by atoms with E-state index in [1.54, 1.807) is 4.68 Å². The van der Waals surface area contributed by atoms with Crippen LogP contribution in [-0.2, 0) is 11.2 Å². The Balaban J connectivity index is 1.79. The summed E-state index contributed by atoms with van der Waals surface area (Å²) in [6, 6.07) is 11.5. The Labute approximate surface area is 169 Å². The Hall–Kier alpha value is -2.25. The third kappa shape index (κ3) is 3.26. The van der Waals surface area contributed by atoms with Gasteiger partial charge in [0, 0.05) is 21.3 Å². The number of rotatable bonds is 4. The lowest BCUT2D eigenvalue weighted by Crippen LogP contribution is -2.28. The summed E-state index contributed by atoms with van der Waals surface area (Å²) in [4.78, 5) is 27.4. The molecule has 2 aromatic heterocycles. The fourth-order valence-corrected chi connectivity index (χ4v) is 4.62. The Morgan fingerprint density at radius 2 is 2.04 bits per heavy atom. The largest absolute Gasteiger partial charge is 0.310 e. The highest BCUT2D eigenvalue weighted by atomic mass is 79.9. The maximum absolute atomic E-state index is 13.2. The van der Waals surface area contributed by atoms with Gasteiger partial charge in [-0.15, -0.1) is 11.3 Å². The molecular weight excluding hydrogens is 426 g/mol. The molecule has 0 fully saturated rings. The average molecular weight is 444 g/mol. The van der Waals surface area contributed by atoms with Crippen LogP contribution in [0.2, 0.25) is 0 Å². The Bertz CT molecular complexity index is 1040. The van der Waals surface area contributed by atoms with E-state index in [1.165, 1.54) is 16.2 Å². The third-order valence-corrected chi connectivity index (χ3v) is 6.52. The second kappa shape index (κ2) is 7.05. The molecule has 0 saturated heterocycles. The van der Waals surface area contributed by atoms with Gasteiger partial charge in [-0.05, 0) is 49.7 Å². The van der Waals surface area contributed by atoms with Crippen LogP contribution in [0.5, 0.6) is 0 Å². The molecule has 0 bridgehead atoms. The highest BCUT2D eigenvalue weighted by Crippen LogP contribution is 2.39. The van der Waals surface area contributed by atoms with Crippen molar-refractivity contribution in [3.05, 3.63) is 61.9 Å². The first-order valence-electron chi connectivity index (χ1n) is 8.76. The van der Waals surface area contributed by atoms with Crippen LogP contribution in [-0.4, -0.2) is 21.5 Å². The first-order chi connectivity index (χ1) is 13.0. The molecule has 27 heavy (non-hydrogen) atoms. The molecule has 1 aliphatic heterocycles. The van der Waals surface area contributed by atoms with Crippen molar-refractivity contribution in [1.29, 1.82) is 0 Å². The molecule has 0 spiro atoms. The zero-order valence-electron chi connectivity index (χ0n) is 15.0. The lowest BCUT2D eigenvalue weighted by atomic mass is 9.87. The summed E-state index contributed by atoms with van der Waals surface area (Å²) in [6.45, 7) is 3.95. The van der Waals surface area contributed by atoms with E-state index in [2.05, 4.69) is 33.3 Å². The number of hydrogen-bond donors (Lipinski definition) is 1. The maximum Gasteiger partial charge on any atom is 0.226 e. The van der Waals surface area contributed by atoms with Crippen molar-refractivity contribution in [3.8, 4) is 5.69 Å². The topological polar surface area (TPSA) is 64.0 Å². The molecule has 1 N–H and O–H groups in total. The molecule has 0 aliphatic carbocycles. The van der Waals surface area contributed by atoms with E-state index in [1.807, 2.05) is 43.3 Å². The summed E-state index contributed by atoms with van der Waals surface area (Å²) in [7, 11) is 0. The van der Waals surface area contributed by atoms with E-state index in [4.69, 9.17) is 0 Å². The fraction of sp³-hybridized carbons (Fsp3) is 0.250. The second-order valence-electron chi connectivity index (χ2n) is 6.52. The number of nitrogens with zero attached hydrogens (tertiary/aromatic N) is 2. The number of carbonyl (C=O) groups is 2. The molecule has 1 atom stereocenters. The molecule has 1 aromatic carbocycles. The van der Waals surface area contributed by atoms with Gasteiger partial charge < -0.3 is 5.32 Å². The number of Topliss-reactive ketones (excluding diaryl/α,β-unsaturated/α-hetero) is 1. The van der Waals surface area contributed by atoms with E-state index in [9.17, 15) is 9.59 Å². The summed E-state index contributed by atoms with van der Waals surface area (Å²) >= 11 is 4.93. The van der Waals surface area contributed by atoms with Crippen LogP contribution in [0.15, 0.2) is 40.9 Å². The van der Waals surface area contributed by atoms with Crippen molar-refractivity contribution >= 4 is 44.8 Å². The van der Waals surface area contributed by atoms with Gasteiger partial charge in [-0.3, -0.25) is 9.59 Å². The van der Waals surface area contributed by atoms with Crippen molar-refractivity contribution in [3.63, 3.8) is 0 Å². The quantitative estimate of drug-likeness (QED) is 0.584. The lowest BCUT2D eigenvalue weighted by Gasteiger charge is -2.22. The molecule has 0 radical (unpaired) electrons. The number of hydrogen-bond acceptors (Lipinski definition) is 4. The number of halogens is 1. The summed E-state index contributed by atoms with van der Waals surface area (Å²) in [5.74, 6) is -0.0707. The molecule has 1 aliphatic rings. The first kappa shape index (κ1) is 18.1. The number of amides is 1. The molecule has 4 rings (SSSR count). The van der Waals surface area contributed by atoms with E-state index in [0.29, 0.717) is 10.7 Å². The fourth-order valence-electron chi connectivity index (χ4n) is 3.41. The lowest BCUT2D eigenvalue weighted by molar-refractivity contribution is -0.116. The number of thiophene rings is 1. The van der Waals surface area contributed by atoms with Crippen LogP contribution in [0, 0.1) is 6.92 Å². The number of nitrogens with one attached hydrogen (secondary N) is 1. The number of aromatic nitrogens is 2. The summed E-state index contributed by atoms with van der Waals surface area (Å²) in [6.07, 6.45) is 1.05. The van der Waals surface area contributed by atoms with Crippen LogP contribution in [0.25, 0.3) is 5.69 Å². The number of carbonyl (C=O) groups excluding carboxylic acids is 2. The Morgan fingerprint density at radius 1 is 1.30 bits per heavy atom. The molecule has 0 saturated carbocycles. The van der Waals surface area contributed by atoms with E-state index >= 15 is 0 Å². The van der Waals surface area contributed by atoms with Crippen molar-refractivity contribution in [2.24, 2.45) is 0 Å². The van der Waals surface area contributed by atoms with Gasteiger partial charge in [0.05, 0.1) is 22.2 Å². The van der Waals surface area contributed by atoms with Crippen molar-refractivity contribution < 1.29 is 9.59 Å². The van der Waals surface area contributed by atoms with E-state index < -0.39 is 5.92 Å². The zero-order valence-corrected chi connectivity index (χ0v) is 17.4. The van der Waals surface area contributed by atoms with Gasteiger partial charge in [-0.1, -0.05) is 22.9 Å². The van der Waals surface area contributed by atoms with E-state index in [0.717, 1.165) is 27.8 Å². The van der Waals surface area contributed by atoms with Crippen molar-refractivity contribution in [2.75, 3.05) is 5.32 Å². The minimum atomic E-state index is -0.499. The summed E-state index contributed by atoms with van der Waals surface area (Å²) < 4.78 is 2.67. The minimum Gasteiger partial charge on any atom is -0.310 e. The number of fused-ring (bicyclic) bond motifs is 1. The van der Waals surface area contributed by atoms with Crippen molar-refractivity contribution in [2.45, 2.75) is 32.6 Å². The number of aryl methyl sites for hydroxylation is 2. The van der Waals surface area contributed by atoms with Gasteiger partial charge in [0.15, 0.2) is 5.78 Å². The van der Waals surface area contributed by atoms with Gasteiger partial charge in [0.1, 0.15) is 5.82 Å². The molecule has 138 valence electrons. The minimum absolute atomic E-state index is 0.00532. The molecular formula is C20H18BrN3O2S. The predicted molar refractivity (Wildman–Crippen MR) is 110 cm³/mol. The van der Waals surface area contributed by atoms with Crippen molar-refractivity contribution in [1.82, 2.24) is 9.78 Å². The molecule has 1 amide bonds. The van der Waals surface area contributed by atoms with E-state index in [-0.39, 0.29) is 18.1 Å². The summed E-state index contributed by atoms with van der Waals surface area (Å²) in [5, 5.41) is 7.53. The van der Waals surface area contributed by atoms with Crippen LogP contribution in [0.3, 0.4) is 0 Å². The second-order valence-corrected chi connectivity index (χ2v) is 8.61. The summed E-state index contributed by atoms with van der Waals surface area (Å²) in [5.41, 5.74) is 2.41. The average Bonchev–Trinajstić information content (AvgIpc) is 3.26. The number of benzene rings is 1. The monoisotopic (exact) mass is 443 g/mol. The smallest absolute Gasteiger partial charge is 0.226 e. The molecule has 7 heteroatoms. The highest BCUT2D eigenvalue weighted by Gasteiger charge is 2.36. The van der Waals surface area contributed by atoms with Gasteiger partial charge >= 0.3 is 0 Å². The Morgan fingerprint density at radius 3 is 2.70 bits per heavy atom. The normalized spacial score (nSPS) is 16.1. The van der Waals surface area contributed by atoms with Crippen LogP contribution in [0.4, 0.5) is 5.82 Å². The standard InChI is InChI=1S/C20H18BrN3O2S/c1-3-14-8-9-16(27-14)19(26)15-10-17(25)22-20-18(15)11(2)23-24(20)13-6-4-12(21)5-7-13/h4-9,15H,3,10H2,1-2H3,(H,22,25)/t15-/m1/s1. The molecule has 0 unspecified atom stereocenters. The first-order valence-corrected chi connectivity index (χ1v) is 10.4. The van der Waals surface area contributed by atoms with Gasteiger partial charge in [-0.2, -0.15) is 5.10 Å². The maximum atomic E-state index is 13.2. The molecule has 3 heterocycles. The molecule has 3 aromatic rings. The molecule has 5 nitrogen and oxygen atoms in total. The van der Waals surface area contributed by atoms with Crippen LogP contribution in [0.1, 0.15) is 45.1 Å². The number of anilines is 1. The van der Waals surface area contributed by atoms with Gasteiger partial charge in [0.25, 0.3) is 0 Å². The van der Waals surface area contributed by atoms with Gasteiger partial charge in [-0.25, -0.2) is 4.68 Å². The zero-order chi connectivity index (χ0) is 19.1. The number of ketones is 1. The van der Waals surface area contributed by atoms with Crippen LogP contribution < -0.4 is 5.32 Å². The predicted octanol–water partition coefficient (Wildman–Crippen LogP) is 4.88. The van der Waals surface area contributed by atoms with Gasteiger partial charge in [0.2, 0.25) is 5.91 Å².